The lowest BCUT2D eigenvalue weighted by atomic mass is 10.0. The third-order valence-electron chi connectivity index (χ3n) is 4.08. The van der Waals surface area contributed by atoms with Gasteiger partial charge in [-0.3, -0.25) is 4.90 Å². The number of nitrogens with one attached hydrogen (secondary N) is 1. The van der Waals surface area contributed by atoms with E-state index in [1.807, 2.05) is 18.2 Å². The number of hydrogen-bond acceptors (Lipinski definition) is 4. The predicted molar refractivity (Wildman–Crippen MR) is 81.0 cm³/mol. The maximum atomic E-state index is 9.54. The van der Waals surface area contributed by atoms with Gasteiger partial charge in [0.2, 0.25) is 0 Å². The van der Waals surface area contributed by atoms with E-state index in [0.717, 1.165) is 38.4 Å². The number of phenols is 1. The molecule has 0 spiro atoms. The van der Waals surface area contributed by atoms with Crippen LogP contribution in [0, 0.1) is 0 Å². The number of nitrogens with zero attached hydrogens (tertiary/aromatic N) is 1. The average molecular weight is 278 g/mol. The van der Waals surface area contributed by atoms with Gasteiger partial charge in [-0.2, -0.15) is 0 Å². The molecule has 20 heavy (non-hydrogen) atoms. The van der Waals surface area contributed by atoms with Crippen LogP contribution in [0.1, 0.15) is 32.4 Å². The average Bonchev–Trinajstić information content (AvgIpc) is 2.46. The molecule has 1 aromatic carbocycles. The van der Waals surface area contributed by atoms with Crippen molar-refractivity contribution in [2.45, 2.75) is 32.4 Å². The minimum absolute atomic E-state index is 0.106. The smallest absolute Gasteiger partial charge is 0.115 e. The van der Waals surface area contributed by atoms with E-state index in [-0.39, 0.29) is 11.6 Å². The number of rotatable bonds is 5. The third kappa shape index (κ3) is 3.95. The fraction of sp³-hybridized carbons (Fsp3) is 0.625. The molecule has 0 bridgehead atoms. The Bertz CT molecular complexity index is 428. The highest BCUT2D eigenvalue weighted by Gasteiger charge is 2.28. The zero-order chi connectivity index (χ0) is 14.6. The van der Waals surface area contributed by atoms with E-state index < -0.39 is 0 Å². The number of aromatic hydroxyl groups is 1. The van der Waals surface area contributed by atoms with Crippen molar-refractivity contribution < 1.29 is 9.84 Å². The van der Waals surface area contributed by atoms with Gasteiger partial charge in [0.05, 0.1) is 13.2 Å². The molecular formula is C16H26N2O2. The molecule has 0 saturated carbocycles. The Morgan fingerprint density at radius 1 is 1.35 bits per heavy atom. The molecule has 1 aromatic rings. The lowest BCUT2D eigenvalue weighted by molar-refractivity contribution is -0.0102. The van der Waals surface area contributed by atoms with Crippen LogP contribution in [0.25, 0.3) is 0 Å². The summed E-state index contributed by atoms with van der Waals surface area (Å²) in [6.07, 6.45) is 0. The topological polar surface area (TPSA) is 44.7 Å². The number of benzene rings is 1. The van der Waals surface area contributed by atoms with Gasteiger partial charge in [-0.15, -0.1) is 0 Å². The summed E-state index contributed by atoms with van der Waals surface area (Å²) in [5, 5.41) is 13.1. The van der Waals surface area contributed by atoms with E-state index in [0.29, 0.717) is 5.75 Å². The van der Waals surface area contributed by atoms with E-state index in [1.165, 1.54) is 0 Å². The van der Waals surface area contributed by atoms with Gasteiger partial charge in [0, 0.05) is 31.2 Å². The first-order valence-electron chi connectivity index (χ1n) is 7.34. The van der Waals surface area contributed by atoms with E-state index in [9.17, 15) is 5.11 Å². The SMILES string of the molecule is CC(NCC(C)(C)N1CCOCC1)c1cccc(O)c1. The van der Waals surface area contributed by atoms with E-state index >= 15 is 0 Å². The number of hydrogen-bond donors (Lipinski definition) is 2. The maximum Gasteiger partial charge on any atom is 0.115 e. The largest absolute Gasteiger partial charge is 0.508 e. The highest BCUT2D eigenvalue weighted by atomic mass is 16.5. The molecule has 1 fully saturated rings. The Hall–Kier alpha value is -1.10. The number of ether oxygens (including phenoxy) is 1. The predicted octanol–water partition coefficient (Wildman–Crippen LogP) is 2.15. The van der Waals surface area contributed by atoms with Crippen LogP contribution in [0.4, 0.5) is 0 Å². The summed E-state index contributed by atoms with van der Waals surface area (Å²) in [6, 6.07) is 7.67. The molecule has 0 aromatic heterocycles. The Balaban J connectivity index is 1.90. The third-order valence-corrected chi connectivity index (χ3v) is 4.08. The summed E-state index contributed by atoms with van der Waals surface area (Å²) in [4.78, 5) is 2.47. The zero-order valence-corrected chi connectivity index (χ0v) is 12.7. The maximum absolute atomic E-state index is 9.54. The van der Waals surface area contributed by atoms with Crippen molar-refractivity contribution in [3.8, 4) is 5.75 Å². The van der Waals surface area contributed by atoms with Gasteiger partial charge in [0.1, 0.15) is 5.75 Å². The second-order valence-corrected chi connectivity index (χ2v) is 6.11. The van der Waals surface area contributed by atoms with Crippen molar-refractivity contribution >= 4 is 0 Å². The van der Waals surface area contributed by atoms with E-state index in [2.05, 4.69) is 31.0 Å². The molecule has 1 saturated heterocycles. The molecule has 0 radical (unpaired) electrons. The molecule has 112 valence electrons. The standard InChI is InChI=1S/C16H26N2O2/c1-13(14-5-4-6-15(19)11-14)17-12-16(2,3)18-7-9-20-10-8-18/h4-6,11,13,17,19H,7-10,12H2,1-3H3. The summed E-state index contributed by atoms with van der Waals surface area (Å²) >= 11 is 0. The van der Waals surface area contributed by atoms with Gasteiger partial charge < -0.3 is 15.2 Å². The van der Waals surface area contributed by atoms with Crippen molar-refractivity contribution in [2.24, 2.45) is 0 Å². The molecule has 1 aliphatic rings. The number of morpholine rings is 1. The quantitative estimate of drug-likeness (QED) is 0.866. The van der Waals surface area contributed by atoms with Crippen molar-refractivity contribution in [2.75, 3.05) is 32.8 Å². The Labute approximate surface area is 121 Å². The van der Waals surface area contributed by atoms with Crippen LogP contribution in [0.15, 0.2) is 24.3 Å². The van der Waals surface area contributed by atoms with Gasteiger partial charge in [-0.05, 0) is 38.5 Å². The Morgan fingerprint density at radius 3 is 2.70 bits per heavy atom. The number of phenolic OH excluding ortho intramolecular Hbond substituents is 1. The molecular weight excluding hydrogens is 252 g/mol. The van der Waals surface area contributed by atoms with Crippen LogP contribution in [0.2, 0.25) is 0 Å². The highest BCUT2D eigenvalue weighted by Crippen LogP contribution is 2.20. The van der Waals surface area contributed by atoms with Crippen molar-refractivity contribution in [3.05, 3.63) is 29.8 Å². The summed E-state index contributed by atoms with van der Waals surface area (Å²) < 4.78 is 5.41. The normalized spacial score (nSPS) is 18.9. The van der Waals surface area contributed by atoms with Crippen LogP contribution < -0.4 is 5.32 Å². The zero-order valence-electron chi connectivity index (χ0n) is 12.7. The van der Waals surface area contributed by atoms with Gasteiger partial charge in [0.25, 0.3) is 0 Å². The molecule has 1 unspecified atom stereocenters. The van der Waals surface area contributed by atoms with Crippen LogP contribution in [-0.4, -0.2) is 48.4 Å². The van der Waals surface area contributed by atoms with Crippen LogP contribution in [-0.2, 0) is 4.74 Å². The lowest BCUT2D eigenvalue weighted by Gasteiger charge is -2.41. The second-order valence-electron chi connectivity index (χ2n) is 6.11. The molecule has 4 nitrogen and oxygen atoms in total. The van der Waals surface area contributed by atoms with Crippen LogP contribution in [0.5, 0.6) is 5.75 Å². The molecule has 2 rings (SSSR count). The molecule has 1 atom stereocenters. The van der Waals surface area contributed by atoms with Crippen LogP contribution >= 0.6 is 0 Å². The first-order chi connectivity index (χ1) is 9.49. The van der Waals surface area contributed by atoms with E-state index in [1.54, 1.807) is 6.07 Å². The van der Waals surface area contributed by atoms with Crippen molar-refractivity contribution in [3.63, 3.8) is 0 Å². The van der Waals surface area contributed by atoms with Gasteiger partial charge in [-0.25, -0.2) is 0 Å². The van der Waals surface area contributed by atoms with Crippen LogP contribution in [0.3, 0.4) is 0 Å². The van der Waals surface area contributed by atoms with E-state index in [4.69, 9.17) is 4.74 Å². The lowest BCUT2D eigenvalue weighted by Crippen LogP contribution is -2.54. The summed E-state index contributed by atoms with van der Waals surface area (Å²) in [5.41, 5.74) is 1.22. The minimum Gasteiger partial charge on any atom is -0.508 e. The second kappa shape index (κ2) is 6.57. The first kappa shape index (κ1) is 15.3. The molecule has 4 heteroatoms. The Morgan fingerprint density at radius 2 is 2.05 bits per heavy atom. The fourth-order valence-corrected chi connectivity index (χ4v) is 2.60. The molecule has 0 amide bonds. The van der Waals surface area contributed by atoms with Crippen molar-refractivity contribution in [1.82, 2.24) is 10.2 Å². The molecule has 0 aliphatic carbocycles. The molecule has 2 N–H and O–H groups in total. The Kier molecular flexibility index (Phi) is 5.02. The summed E-state index contributed by atoms with van der Waals surface area (Å²) in [5.74, 6) is 0.323. The van der Waals surface area contributed by atoms with Gasteiger partial charge >= 0.3 is 0 Å². The molecule has 1 heterocycles. The van der Waals surface area contributed by atoms with Gasteiger partial charge in [-0.1, -0.05) is 12.1 Å². The minimum atomic E-state index is 0.106. The molecule has 1 aliphatic heterocycles. The monoisotopic (exact) mass is 278 g/mol. The summed E-state index contributed by atoms with van der Waals surface area (Å²) in [6.45, 7) is 11.2. The summed E-state index contributed by atoms with van der Waals surface area (Å²) in [7, 11) is 0. The van der Waals surface area contributed by atoms with Crippen molar-refractivity contribution in [1.29, 1.82) is 0 Å². The van der Waals surface area contributed by atoms with Gasteiger partial charge in [0.15, 0.2) is 0 Å². The fourth-order valence-electron chi connectivity index (χ4n) is 2.60. The highest BCUT2D eigenvalue weighted by molar-refractivity contribution is 5.29. The first-order valence-corrected chi connectivity index (χ1v) is 7.34.